The van der Waals surface area contributed by atoms with Crippen LogP contribution in [0.15, 0.2) is 16.9 Å². The molecule has 0 aliphatic rings. The van der Waals surface area contributed by atoms with Crippen molar-refractivity contribution in [2.75, 3.05) is 6.61 Å². The molecule has 32 heavy (non-hydrogen) atoms. The number of pyridine rings is 1. The molecular weight excluding hydrogens is 451 g/mol. The highest BCUT2D eigenvalue weighted by Crippen LogP contribution is 2.34. The van der Waals surface area contributed by atoms with Gasteiger partial charge in [-0.3, -0.25) is 4.79 Å². The Hall–Kier alpha value is -1.92. The van der Waals surface area contributed by atoms with Crippen molar-refractivity contribution >= 4 is 40.1 Å². The number of hydrogen-bond donors (Lipinski definition) is 1. The molecule has 0 saturated heterocycles. The zero-order valence-electron chi connectivity index (χ0n) is 19.8. The van der Waals surface area contributed by atoms with Crippen molar-refractivity contribution in [3.8, 4) is 5.75 Å². The third-order valence-electron chi connectivity index (χ3n) is 4.84. The normalized spacial score (nSPS) is 11.8. The molecule has 0 saturated carbocycles. The van der Waals surface area contributed by atoms with Crippen LogP contribution in [-0.4, -0.2) is 22.9 Å². The van der Waals surface area contributed by atoms with E-state index in [2.05, 4.69) is 26.1 Å². The summed E-state index contributed by atoms with van der Waals surface area (Å²) in [6, 6.07) is 3.25. The van der Waals surface area contributed by atoms with Gasteiger partial charge in [-0.2, -0.15) is 0 Å². The first-order chi connectivity index (χ1) is 14.9. The summed E-state index contributed by atoms with van der Waals surface area (Å²) in [5.74, 6) is 0.925. The number of carbonyl (C=O) groups is 1. The second kappa shape index (κ2) is 11.3. The summed E-state index contributed by atoms with van der Waals surface area (Å²) < 4.78 is 13.2. The molecule has 1 N–H and O–H groups in total. The molecule has 0 bridgehead atoms. The third-order valence-corrected chi connectivity index (χ3v) is 5.56. The molecule has 2 aromatic rings. The first kappa shape index (κ1) is 26.3. The molecular formula is C24H34Cl2N2O4. The van der Waals surface area contributed by atoms with Crippen LogP contribution >= 0.6 is 23.2 Å². The number of nitrogens with one attached hydrogen (secondary N) is 1. The molecule has 0 aliphatic heterocycles. The highest BCUT2D eigenvalue weighted by molar-refractivity contribution is 6.42. The number of aromatic nitrogens is 1. The Morgan fingerprint density at radius 1 is 1.16 bits per heavy atom. The van der Waals surface area contributed by atoms with E-state index in [0.29, 0.717) is 51.3 Å². The van der Waals surface area contributed by atoms with Gasteiger partial charge >= 0.3 is 6.09 Å². The first-order valence-corrected chi connectivity index (χ1v) is 11.8. The molecule has 0 unspecified atom stereocenters. The fourth-order valence-corrected chi connectivity index (χ4v) is 3.53. The Morgan fingerprint density at radius 3 is 2.34 bits per heavy atom. The summed E-state index contributed by atoms with van der Waals surface area (Å²) in [5.41, 5.74) is -0.235. The predicted octanol–water partition coefficient (Wildman–Crippen LogP) is 6.56. The number of hydrogen-bond acceptors (Lipinski definition) is 4. The van der Waals surface area contributed by atoms with Crippen LogP contribution in [0.2, 0.25) is 10.0 Å². The number of amides is 1. The van der Waals surface area contributed by atoms with Gasteiger partial charge in [0.05, 0.1) is 34.3 Å². The standard InChI is InChI=1S/C24H34Cl2N2O4/c1-7-8-11-31-21-16-12-18(25)19(26)13-17(16)22(29)28(10-9-15(2)3)20(21)14-27-23(30)32-24(4,5)6/h12-13,15H,7-11,14H2,1-6H3,(H,27,30). The van der Waals surface area contributed by atoms with Gasteiger partial charge in [-0.15, -0.1) is 0 Å². The quantitative estimate of drug-likeness (QED) is 0.409. The Balaban J connectivity index is 2.64. The van der Waals surface area contributed by atoms with Crippen LogP contribution in [0.4, 0.5) is 4.79 Å². The molecule has 8 heteroatoms. The van der Waals surface area contributed by atoms with Crippen LogP contribution in [0.5, 0.6) is 5.75 Å². The second-order valence-electron chi connectivity index (χ2n) is 9.28. The van der Waals surface area contributed by atoms with Crippen molar-refractivity contribution < 1.29 is 14.3 Å². The summed E-state index contributed by atoms with van der Waals surface area (Å²) in [6.45, 7) is 12.7. The zero-order chi connectivity index (χ0) is 24.1. The van der Waals surface area contributed by atoms with Gasteiger partial charge in [0.15, 0.2) is 0 Å². The Morgan fingerprint density at radius 2 is 1.78 bits per heavy atom. The van der Waals surface area contributed by atoms with E-state index >= 15 is 0 Å². The topological polar surface area (TPSA) is 69.6 Å². The highest BCUT2D eigenvalue weighted by atomic mass is 35.5. The van der Waals surface area contributed by atoms with E-state index in [-0.39, 0.29) is 12.1 Å². The minimum Gasteiger partial charge on any atom is -0.491 e. The molecule has 0 aliphatic carbocycles. The molecule has 178 valence electrons. The molecule has 1 aromatic heterocycles. The van der Waals surface area contributed by atoms with E-state index in [1.165, 1.54) is 0 Å². The van der Waals surface area contributed by atoms with E-state index < -0.39 is 11.7 Å². The number of fused-ring (bicyclic) bond motifs is 1. The lowest BCUT2D eigenvalue weighted by Gasteiger charge is -2.23. The van der Waals surface area contributed by atoms with Crippen molar-refractivity contribution in [2.45, 2.75) is 79.5 Å². The highest BCUT2D eigenvalue weighted by Gasteiger charge is 2.22. The monoisotopic (exact) mass is 484 g/mol. The lowest BCUT2D eigenvalue weighted by molar-refractivity contribution is 0.0521. The Labute approximate surface area is 200 Å². The third kappa shape index (κ3) is 7.04. The van der Waals surface area contributed by atoms with E-state index in [0.717, 1.165) is 19.3 Å². The van der Waals surface area contributed by atoms with Crippen molar-refractivity contribution in [2.24, 2.45) is 5.92 Å². The van der Waals surface area contributed by atoms with Crippen molar-refractivity contribution in [1.29, 1.82) is 0 Å². The van der Waals surface area contributed by atoms with Crippen molar-refractivity contribution in [3.05, 3.63) is 38.2 Å². The number of ether oxygens (including phenoxy) is 2. The van der Waals surface area contributed by atoms with Crippen LogP contribution in [0.1, 0.15) is 66.5 Å². The molecule has 1 amide bonds. The number of unbranched alkanes of at least 4 members (excludes halogenated alkanes) is 1. The SMILES string of the molecule is CCCCOc1c(CNC(=O)OC(C)(C)C)n(CCC(C)C)c(=O)c2cc(Cl)c(Cl)cc12. The Kier molecular flexibility index (Phi) is 9.28. The molecule has 0 atom stereocenters. The van der Waals surface area contributed by atoms with Crippen LogP contribution in [0.3, 0.4) is 0 Å². The molecule has 0 fully saturated rings. The van der Waals surface area contributed by atoms with Gasteiger partial charge < -0.3 is 19.4 Å². The number of alkyl carbamates (subject to hydrolysis) is 1. The maximum atomic E-state index is 13.4. The number of halogens is 2. The van der Waals surface area contributed by atoms with Gasteiger partial charge in [-0.05, 0) is 51.7 Å². The minimum atomic E-state index is -0.629. The number of benzene rings is 1. The van der Waals surface area contributed by atoms with Crippen molar-refractivity contribution in [3.63, 3.8) is 0 Å². The summed E-state index contributed by atoms with van der Waals surface area (Å²) in [7, 11) is 0. The molecule has 2 rings (SSSR count). The number of nitrogens with zero attached hydrogens (tertiary/aromatic N) is 1. The van der Waals surface area contributed by atoms with E-state index in [9.17, 15) is 9.59 Å². The predicted molar refractivity (Wildman–Crippen MR) is 131 cm³/mol. The molecule has 1 heterocycles. The zero-order valence-corrected chi connectivity index (χ0v) is 21.3. The molecule has 1 aromatic carbocycles. The van der Waals surface area contributed by atoms with Gasteiger partial charge in [-0.1, -0.05) is 50.4 Å². The van der Waals surface area contributed by atoms with Crippen LogP contribution in [0, 0.1) is 5.92 Å². The fourth-order valence-electron chi connectivity index (χ4n) is 3.21. The average Bonchev–Trinajstić information content (AvgIpc) is 2.67. The average molecular weight is 485 g/mol. The van der Waals surface area contributed by atoms with Gasteiger partial charge in [0.2, 0.25) is 0 Å². The maximum Gasteiger partial charge on any atom is 0.407 e. The lowest BCUT2D eigenvalue weighted by Crippen LogP contribution is -2.34. The van der Waals surface area contributed by atoms with Crippen molar-refractivity contribution in [1.82, 2.24) is 9.88 Å². The minimum absolute atomic E-state index is 0.0832. The second-order valence-corrected chi connectivity index (χ2v) is 10.1. The maximum absolute atomic E-state index is 13.4. The largest absolute Gasteiger partial charge is 0.491 e. The molecule has 6 nitrogen and oxygen atoms in total. The summed E-state index contributed by atoms with van der Waals surface area (Å²) in [4.78, 5) is 25.8. The van der Waals surface area contributed by atoms with Gasteiger partial charge in [0.25, 0.3) is 5.56 Å². The molecule has 0 spiro atoms. The summed E-state index contributed by atoms with van der Waals surface area (Å²) in [5, 5.41) is 4.45. The number of carbonyl (C=O) groups excluding carboxylic acids is 1. The number of rotatable bonds is 9. The van der Waals surface area contributed by atoms with E-state index in [1.807, 2.05) is 0 Å². The first-order valence-electron chi connectivity index (χ1n) is 11.1. The Bertz CT molecular complexity index is 1010. The molecule has 0 radical (unpaired) electrons. The van der Waals surface area contributed by atoms with Crippen LogP contribution in [0.25, 0.3) is 10.8 Å². The van der Waals surface area contributed by atoms with Gasteiger partial charge in [0.1, 0.15) is 11.4 Å². The lowest BCUT2D eigenvalue weighted by atomic mass is 10.1. The van der Waals surface area contributed by atoms with E-state index in [4.69, 9.17) is 32.7 Å². The van der Waals surface area contributed by atoms with Crippen LogP contribution < -0.4 is 15.6 Å². The summed E-state index contributed by atoms with van der Waals surface area (Å²) in [6.07, 6.45) is 2.05. The van der Waals surface area contributed by atoms with Gasteiger partial charge in [0, 0.05) is 11.9 Å². The van der Waals surface area contributed by atoms with Gasteiger partial charge in [-0.25, -0.2) is 4.79 Å². The van der Waals surface area contributed by atoms with Crippen LogP contribution in [-0.2, 0) is 17.8 Å². The fraction of sp³-hybridized carbons (Fsp3) is 0.583. The smallest absolute Gasteiger partial charge is 0.407 e. The summed E-state index contributed by atoms with van der Waals surface area (Å²) >= 11 is 12.5. The van der Waals surface area contributed by atoms with E-state index in [1.54, 1.807) is 37.5 Å².